The summed E-state index contributed by atoms with van der Waals surface area (Å²) in [7, 11) is 0. The number of aromatic nitrogens is 2. The number of carbonyl (C=O) groups is 2. The molecule has 1 aromatic rings. The van der Waals surface area contributed by atoms with Gasteiger partial charge in [-0.15, -0.1) is 10.2 Å². The van der Waals surface area contributed by atoms with Crippen molar-refractivity contribution in [3.8, 4) is 0 Å². The zero-order valence-electron chi connectivity index (χ0n) is 15.5. The minimum absolute atomic E-state index is 0.176. The second kappa shape index (κ2) is 10.2. The van der Waals surface area contributed by atoms with Crippen LogP contribution in [-0.4, -0.2) is 52.7 Å². The summed E-state index contributed by atoms with van der Waals surface area (Å²) in [6, 6.07) is -0.231. The lowest BCUT2D eigenvalue weighted by Crippen LogP contribution is -2.47. The lowest BCUT2D eigenvalue weighted by Gasteiger charge is -2.22. The highest BCUT2D eigenvalue weighted by Gasteiger charge is 2.22. The van der Waals surface area contributed by atoms with Crippen LogP contribution in [0.25, 0.3) is 0 Å². The lowest BCUT2D eigenvalue weighted by molar-refractivity contribution is -0.119. The second-order valence-electron chi connectivity index (χ2n) is 6.95. The first-order chi connectivity index (χ1) is 13.1. The first-order valence-corrected chi connectivity index (χ1v) is 11.3. The number of anilines is 1. The number of rotatable bonds is 7. The molecule has 10 heteroatoms. The normalized spacial score (nSPS) is 21.6. The molecular weight excluding hydrogens is 386 g/mol. The van der Waals surface area contributed by atoms with Crippen LogP contribution in [0.4, 0.5) is 9.93 Å². The van der Waals surface area contributed by atoms with E-state index < -0.39 is 11.3 Å². The van der Waals surface area contributed by atoms with Crippen molar-refractivity contribution in [2.24, 2.45) is 0 Å². The van der Waals surface area contributed by atoms with E-state index in [0.717, 1.165) is 56.8 Å². The van der Waals surface area contributed by atoms with Gasteiger partial charge in [0, 0.05) is 19.2 Å². The quantitative estimate of drug-likeness (QED) is 0.590. The van der Waals surface area contributed by atoms with E-state index in [4.69, 9.17) is 4.74 Å². The minimum atomic E-state index is -0.430. The molecular formula is C17H27N5O3S2. The number of nitrogens with one attached hydrogen (secondary N) is 3. The molecule has 1 saturated heterocycles. The van der Waals surface area contributed by atoms with Gasteiger partial charge in [0.25, 0.3) is 0 Å². The first-order valence-electron chi connectivity index (χ1n) is 9.57. The van der Waals surface area contributed by atoms with E-state index in [1.165, 1.54) is 29.5 Å². The third-order valence-corrected chi connectivity index (χ3v) is 6.80. The fourth-order valence-electron chi connectivity index (χ4n) is 3.22. The molecule has 0 bridgehead atoms. The number of hydrogen-bond donors (Lipinski definition) is 3. The molecule has 150 valence electrons. The number of thioether (sulfide) groups is 1. The highest BCUT2D eigenvalue weighted by Crippen LogP contribution is 2.29. The Bertz CT molecular complexity index is 630. The number of imide groups is 1. The Morgan fingerprint density at radius 1 is 1.22 bits per heavy atom. The van der Waals surface area contributed by atoms with E-state index in [-0.39, 0.29) is 18.1 Å². The highest BCUT2D eigenvalue weighted by molar-refractivity contribution is 8.02. The van der Waals surface area contributed by atoms with E-state index in [1.54, 1.807) is 6.92 Å². The predicted molar refractivity (Wildman–Crippen MR) is 106 cm³/mol. The van der Waals surface area contributed by atoms with Crippen LogP contribution in [0.1, 0.15) is 51.9 Å². The van der Waals surface area contributed by atoms with E-state index >= 15 is 0 Å². The van der Waals surface area contributed by atoms with Crippen LogP contribution >= 0.6 is 23.1 Å². The summed E-state index contributed by atoms with van der Waals surface area (Å²) in [6.07, 6.45) is 7.85. The van der Waals surface area contributed by atoms with Gasteiger partial charge in [0.2, 0.25) is 11.0 Å². The van der Waals surface area contributed by atoms with Gasteiger partial charge in [-0.1, -0.05) is 42.4 Å². The summed E-state index contributed by atoms with van der Waals surface area (Å²) in [5.41, 5.74) is 0. The Balaban J connectivity index is 1.38. The molecule has 3 N–H and O–H groups in total. The second-order valence-corrected chi connectivity index (χ2v) is 9.51. The maximum Gasteiger partial charge on any atom is 0.321 e. The standard InChI is InChI=1S/C17H27N5O3S2/c1-11(14(23)20-15(24)19-12-6-3-2-4-7-12)26-17-22-21-16(27-17)18-10-13-8-5-9-25-13/h11-13H,2-10H2,1H3,(H,18,21)(H2,19,20,23,24). The molecule has 27 heavy (non-hydrogen) atoms. The Morgan fingerprint density at radius 3 is 2.78 bits per heavy atom. The van der Waals surface area contributed by atoms with Crippen LogP contribution in [0.3, 0.4) is 0 Å². The fourth-order valence-corrected chi connectivity index (χ4v) is 5.12. The first kappa shape index (κ1) is 20.3. The average molecular weight is 414 g/mol. The van der Waals surface area contributed by atoms with Crippen LogP contribution in [0.5, 0.6) is 0 Å². The van der Waals surface area contributed by atoms with Crippen molar-refractivity contribution in [1.82, 2.24) is 20.8 Å². The molecule has 3 rings (SSSR count). The minimum Gasteiger partial charge on any atom is -0.376 e. The zero-order chi connectivity index (χ0) is 19.1. The monoisotopic (exact) mass is 413 g/mol. The van der Waals surface area contributed by atoms with Gasteiger partial charge in [0.05, 0.1) is 11.4 Å². The predicted octanol–water partition coefficient (Wildman–Crippen LogP) is 2.77. The van der Waals surface area contributed by atoms with Crippen LogP contribution < -0.4 is 16.0 Å². The van der Waals surface area contributed by atoms with Gasteiger partial charge >= 0.3 is 6.03 Å². The molecule has 2 atom stereocenters. The third kappa shape index (κ3) is 6.62. The van der Waals surface area contributed by atoms with Gasteiger partial charge in [0.1, 0.15) is 0 Å². The summed E-state index contributed by atoms with van der Waals surface area (Å²) < 4.78 is 6.26. The van der Waals surface area contributed by atoms with Crippen molar-refractivity contribution in [3.63, 3.8) is 0 Å². The van der Waals surface area contributed by atoms with E-state index in [9.17, 15) is 9.59 Å². The summed E-state index contributed by atoms with van der Waals surface area (Å²) in [5.74, 6) is -0.322. The molecule has 2 heterocycles. The van der Waals surface area contributed by atoms with Gasteiger partial charge < -0.3 is 15.4 Å². The van der Waals surface area contributed by atoms with Crippen molar-refractivity contribution in [1.29, 1.82) is 0 Å². The molecule has 0 spiro atoms. The summed E-state index contributed by atoms with van der Waals surface area (Å²) in [5, 5.41) is 17.0. The Labute approximate surface area is 167 Å². The summed E-state index contributed by atoms with van der Waals surface area (Å²) >= 11 is 2.70. The number of hydrogen-bond acceptors (Lipinski definition) is 8. The van der Waals surface area contributed by atoms with Gasteiger partial charge in [0.15, 0.2) is 4.34 Å². The Hall–Kier alpha value is -1.39. The van der Waals surface area contributed by atoms with Crippen LogP contribution in [0.2, 0.25) is 0 Å². The molecule has 1 aliphatic carbocycles. The molecule has 0 radical (unpaired) electrons. The van der Waals surface area contributed by atoms with Crippen LogP contribution in [0.15, 0.2) is 4.34 Å². The van der Waals surface area contributed by atoms with Crippen LogP contribution in [-0.2, 0) is 9.53 Å². The largest absolute Gasteiger partial charge is 0.376 e. The summed E-state index contributed by atoms with van der Waals surface area (Å²) in [6.45, 7) is 3.30. The fraction of sp³-hybridized carbons (Fsp3) is 0.765. The zero-order valence-corrected chi connectivity index (χ0v) is 17.2. The van der Waals surface area contributed by atoms with Crippen LogP contribution in [0, 0.1) is 0 Å². The van der Waals surface area contributed by atoms with Crippen molar-refractivity contribution in [3.05, 3.63) is 0 Å². The Morgan fingerprint density at radius 2 is 2.04 bits per heavy atom. The van der Waals surface area contributed by atoms with Crippen molar-refractivity contribution in [2.75, 3.05) is 18.5 Å². The SMILES string of the molecule is CC(Sc1nnc(NCC2CCCO2)s1)C(=O)NC(=O)NC1CCCCC1. The topological polar surface area (TPSA) is 105 Å². The molecule has 1 aliphatic heterocycles. The maximum absolute atomic E-state index is 12.2. The summed E-state index contributed by atoms with van der Waals surface area (Å²) in [4.78, 5) is 24.2. The van der Waals surface area contributed by atoms with Crippen molar-refractivity contribution < 1.29 is 14.3 Å². The van der Waals surface area contributed by atoms with Gasteiger partial charge in [-0.3, -0.25) is 10.1 Å². The number of carbonyl (C=O) groups excluding carboxylic acids is 2. The van der Waals surface area contributed by atoms with Gasteiger partial charge in [-0.25, -0.2) is 4.79 Å². The molecule has 1 saturated carbocycles. The van der Waals surface area contributed by atoms with E-state index in [0.29, 0.717) is 4.34 Å². The van der Waals surface area contributed by atoms with Gasteiger partial charge in [-0.05, 0) is 32.6 Å². The smallest absolute Gasteiger partial charge is 0.321 e. The molecule has 1 aromatic heterocycles. The van der Waals surface area contributed by atoms with E-state index in [2.05, 4.69) is 26.1 Å². The molecule has 0 aromatic carbocycles. The molecule has 3 amide bonds. The number of ether oxygens (including phenoxy) is 1. The molecule has 2 aliphatic rings. The maximum atomic E-state index is 12.2. The number of amides is 3. The third-order valence-electron chi connectivity index (χ3n) is 4.74. The Kier molecular flexibility index (Phi) is 7.71. The highest BCUT2D eigenvalue weighted by atomic mass is 32.2. The molecule has 8 nitrogen and oxygen atoms in total. The number of nitrogens with zero attached hydrogens (tertiary/aromatic N) is 2. The molecule has 2 fully saturated rings. The van der Waals surface area contributed by atoms with E-state index in [1.807, 2.05) is 0 Å². The van der Waals surface area contributed by atoms with Gasteiger partial charge in [-0.2, -0.15) is 0 Å². The molecule has 2 unspecified atom stereocenters. The number of urea groups is 1. The lowest BCUT2D eigenvalue weighted by atomic mass is 9.96. The van der Waals surface area contributed by atoms with Crippen molar-refractivity contribution >= 4 is 40.2 Å². The van der Waals surface area contributed by atoms with Crippen molar-refractivity contribution in [2.45, 2.75) is 73.6 Å². The average Bonchev–Trinajstić information content (AvgIpc) is 3.32.